The lowest BCUT2D eigenvalue weighted by Gasteiger charge is -2.18. The molecule has 1 unspecified atom stereocenters. The van der Waals surface area contributed by atoms with Crippen LogP contribution in [0.4, 0.5) is 0 Å². The Bertz CT molecular complexity index is 1510. The van der Waals surface area contributed by atoms with Gasteiger partial charge < -0.3 is 14.2 Å². The minimum Gasteiger partial charge on any atom is -0.462 e. The number of hydrogen-bond acceptors (Lipinski definition) is 6. The molecule has 0 rings (SSSR count). The van der Waals surface area contributed by atoms with Crippen LogP contribution in [0.3, 0.4) is 0 Å². The van der Waals surface area contributed by atoms with Crippen LogP contribution in [0.5, 0.6) is 0 Å². The Hall–Kier alpha value is -3.93. The zero-order valence-corrected chi connectivity index (χ0v) is 48.3. The van der Waals surface area contributed by atoms with Gasteiger partial charge in [0, 0.05) is 19.3 Å². The van der Waals surface area contributed by atoms with Crippen LogP contribution < -0.4 is 0 Å². The SMILES string of the molecule is CC/C=C\C/C=C\C/C=C\C/C=C\C/C=C\CCCC(=O)OC(COC(=O)CCCCCCC/C=C\CCCCCCCCC)COC(=O)CCCCCCCCCC/C=C\C/C=C\C/C=C\CCCCCCC. The van der Waals surface area contributed by atoms with Gasteiger partial charge >= 0.3 is 17.9 Å². The Labute approximate surface area is 457 Å². The molecule has 6 nitrogen and oxygen atoms in total. The summed E-state index contributed by atoms with van der Waals surface area (Å²) in [6.07, 6.45) is 83.8. The lowest BCUT2D eigenvalue weighted by Crippen LogP contribution is -2.30. The summed E-state index contributed by atoms with van der Waals surface area (Å²) < 4.78 is 16.8. The second kappa shape index (κ2) is 61.6. The van der Waals surface area contributed by atoms with Gasteiger partial charge in [-0.2, -0.15) is 0 Å². The van der Waals surface area contributed by atoms with Crippen molar-refractivity contribution < 1.29 is 28.6 Å². The smallest absolute Gasteiger partial charge is 0.306 e. The fourth-order valence-corrected chi connectivity index (χ4v) is 8.36. The molecule has 422 valence electrons. The minimum absolute atomic E-state index is 0.108. The van der Waals surface area contributed by atoms with E-state index in [-0.39, 0.29) is 37.5 Å². The summed E-state index contributed by atoms with van der Waals surface area (Å²) in [5, 5.41) is 0. The first-order valence-corrected chi connectivity index (χ1v) is 30.9. The van der Waals surface area contributed by atoms with Gasteiger partial charge in [0.05, 0.1) is 0 Å². The molecule has 74 heavy (non-hydrogen) atoms. The highest BCUT2D eigenvalue weighted by atomic mass is 16.6. The van der Waals surface area contributed by atoms with Crippen LogP contribution in [-0.4, -0.2) is 37.2 Å². The number of esters is 3. The van der Waals surface area contributed by atoms with Gasteiger partial charge in [-0.05, 0) is 122 Å². The highest BCUT2D eigenvalue weighted by molar-refractivity contribution is 5.71. The Morgan fingerprint density at radius 2 is 0.541 bits per heavy atom. The summed E-state index contributed by atoms with van der Waals surface area (Å²) in [5.41, 5.74) is 0. The molecule has 0 fully saturated rings. The minimum atomic E-state index is -0.817. The van der Waals surface area contributed by atoms with Crippen molar-refractivity contribution >= 4 is 17.9 Å². The van der Waals surface area contributed by atoms with Gasteiger partial charge in [-0.3, -0.25) is 14.4 Å². The molecule has 0 saturated heterocycles. The molecule has 0 aliphatic heterocycles. The van der Waals surface area contributed by atoms with Crippen LogP contribution in [0.2, 0.25) is 0 Å². The molecule has 0 bridgehead atoms. The number of hydrogen-bond donors (Lipinski definition) is 0. The van der Waals surface area contributed by atoms with Gasteiger partial charge in [0.15, 0.2) is 6.10 Å². The number of ether oxygens (including phenoxy) is 3. The third kappa shape index (κ3) is 59.0. The Kier molecular flexibility index (Phi) is 58.3. The van der Waals surface area contributed by atoms with E-state index in [2.05, 4.69) is 130 Å². The van der Waals surface area contributed by atoms with Gasteiger partial charge in [-0.25, -0.2) is 0 Å². The average Bonchev–Trinajstić information content (AvgIpc) is 3.40. The van der Waals surface area contributed by atoms with Crippen molar-refractivity contribution in [1.82, 2.24) is 0 Å². The van der Waals surface area contributed by atoms with E-state index in [9.17, 15) is 14.4 Å². The summed E-state index contributed by atoms with van der Waals surface area (Å²) in [7, 11) is 0. The normalized spacial score (nSPS) is 12.9. The molecule has 6 heteroatoms. The van der Waals surface area contributed by atoms with E-state index in [1.807, 2.05) is 0 Å². The molecular weight excluding hydrogens is 913 g/mol. The van der Waals surface area contributed by atoms with Crippen LogP contribution in [-0.2, 0) is 28.6 Å². The molecule has 0 aliphatic rings. The molecule has 0 radical (unpaired) electrons. The maximum Gasteiger partial charge on any atom is 0.306 e. The maximum absolute atomic E-state index is 12.9. The van der Waals surface area contributed by atoms with E-state index < -0.39 is 6.10 Å². The van der Waals surface area contributed by atoms with E-state index in [0.29, 0.717) is 19.3 Å². The molecule has 0 spiro atoms. The van der Waals surface area contributed by atoms with E-state index in [1.54, 1.807) is 0 Å². The van der Waals surface area contributed by atoms with Gasteiger partial charge in [0.1, 0.15) is 13.2 Å². The van der Waals surface area contributed by atoms with Crippen LogP contribution in [0, 0.1) is 0 Å². The van der Waals surface area contributed by atoms with Crippen molar-refractivity contribution in [1.29, 1.82) is 0 Å². The third-order valence-corrected chi connectivity index (χ3v) is 13.0. The molecule has 0 aromatic heterocycles. The monoisotopic (exact) mass is 1030 g/mol. The standard InChI is InChI=1S/C68H114O6/c1-4-7-10-13-16-19-22-25-28-31-32-33-34-35-36-38-40-43-46-49-52-55-58-61-67(70)73-64-65(63-72-66(69)60-57-54-51-48-45-42-39-30-27-24-21-18-15-12-9-6-3)74-68(71)62-59-56-53-50-47-44-41-37-29-26-23-20-17-14-11-8-5-2/h8,11,17,20,22,25-26,29-32,34-35,39,41,44,50,53,65H,4-7,9-10,12-16,18-19,21,23-24,27-28,33,36-38,40,42-43,45-49,51-52,54-64H2,1-3H3/b11-8-,20-17-,25-22-,29-26-,32-31-,35-34-,39-30-,44-41-,53-50-. The van der Waals surface area contributed by atoms with Crippen LogP contribution in [0.25, 0.3) is 0 Å². The fourth-order valence-electron chi connectivity index (χ4n) is 8.36. The predicted molar refractivity (Wildman–Crippen MR) is 320 cm³/mol. The average molecular weight is 1030 g/mol. The first kappa shape index (κ1) is 70.1. The number of carbonyl (C=O) groups excluding carboxylic acids is 3. The van der Waals surface area contributed by atoms with Crippen LogP contribution in [0.15, 0.2) is 109 Å². The fraction of sp³-hybridized carbons (Fsp3) is 0.691. The second-order valence-corrected chi connectivity index (χ2v) is 20.2. The number of unbranched alkanes of at least 4 members (excludes halogenated alkanes) is 26. The predicted octanol–water partition coefficient (Wildman–Crippen LogP) is 21.0. The van der Waals surface area contributed by atoms with Crippen molar-refractivity contribution in [3.63, 3.8) is 0 Å². The Morgan fingerprint density at radius 1 is 0.284 bits per heavy atom. The van der Waals surface area contributed by atoms with Gasteiger partial charge in [0.25, 0.3) is 0 Å². The molecule has 0 saturated carbocycles. The van der Waals surface area contributed by atoms with Crippen LogP contribution in [0.1, 0.15) is 284 Å². The number of carbonyl (C=O) groups is 3. The summed E-state index contributed by atoms with van der Waals surface area (Å²) >= 11 is 0. The highest BCUT2D eigenvalue weighted by Crippen LogP contribution is 2.14. The largest absolute Gasteiger partial charge is 0.462 e. The van der Waals surface area contributed by atoms with Crippen molar-refractivity contribution in [2.75, 3.05) is 13.2 Å². The van der Waals surface area contributed by atoms with Gasteiger partial charge in [-0.15, -0.1) is 0 Å². The van der Waals surface area contributed by atoms with Crippen molar-refractivity contribution in [3.05, 3.63) is 109 Å². The lowest BCUT2D eigenvalue weighted by atomic mass is 10.1. The van der Waals surface area contributed by atoms with Crippen LogP contribution >= 0.6 is 0 Å². The molecular formula is C68H114O6. The second-order valence-electron chi connectivity index (χ2n) is 20.2. The Balaban J connectivity index is 4.46. The van der Waals surface area contributed by atoms with Crippen molar-refractivity contribution in [2.24, 2.45) is 0 Å². The van der Waals surface area contributed by atoms with E-state index in [1.165, 1.54) is 128 Å². The van der Waals surface area contributed by atoms with Gasteiger partial charge in [0.2, 0.25) is 0 Å². The van der Waals surface area contributed by atoms with E-state index >= 15 is 0 Å². The van der Waals surface area contributed by atoms with Gasteiger partial charge in [-0.1, -0.05) is 252 Å². The summed E-state index contributed by atoms with van der Waals surface area (Å²) in [6, 6.07) is 0. The molecule has 0 amide bonds. The lowest BCUT2D eigenvalue weighted by molar-refractivity contribution is -0.167. The first-order chi connectivity index (χ1) is 36.5. The third-order valence-electron chi connectivity index (χ3n) is 13.0. The molecule has 1 atom stereocenters. The Morgan fingerprint density at radius 3 is 0.878 bits per heavy atom. The summed E-state index contributed by atoms with van der Waals surface area (Å²) in [4.78, 5) is 38.2. The first-order valence-electron chi connectivity index (χ1n) is 30.9. The molecule has 0 aromatic carbocycles. The zero-order valence-electron chi connectivity index (χ0n) is 48.3. The molecule has 0 aromatic rings. The van der Waals surface area contributed by atoms with Crippen molar-refractivity contribution in [2.45, 2.75) is 290 Å². The summed E-state index contributed by atoms with van der Waals surface area (Å²) in [6.45, 7) is 6.46. The molecule has 0 N–H and O–H groups in total. The quantitative estimate of drug-likeness (QED) is 0.0261. The number of allylic oxidation sites excluding steroid dienone is 18. The molecule has 0 heterocycles. The zero-order chi connectivity index (χ0) is 53.6. The summed E-state index contributed by atoms with van der Waals surface area (Å²) in [5.74, 6) is -0.978. The topological polar surface area (TPSA) is 78.9 Å². The highest BCUT2D eigenvalue weighted by Gasteiger charge is 2.19. The van der Waals surface area contributed by atoms with E-state index in [4.69, 9.17) is 14.2 Å². The number of rotatable bonds is 55. The van der Waals surface area contributed by atoms with Crippen molar-refractivity contribution in [3.8, 4) is 0 Å². The van der Waals surface area contributed by atoms with E-state index in [0.717, 1.165) is 109 Å². The maximum atomic E-state index is 12.9. The molecule has 0 aliphatic carbocycles.